The molecular weight excluding hydrogens is 436 g/mol. The molecule has 2 aromatic rings. The lowest BCUT2D eigenvalue weighted by Crippen LogP contribution is -2.29. The third-order valence-corrected chi connectivity index (χ3v) is 5.76. The van der Waals surface area contributed by atoms with E-state index in [0.29, 0.717) is 16.4 Å². The van der Waals surface area contributed by atoms with Gasteiger partial charge in [0.15, 0.2) is 0 Å². The van der Waals surface area contributed by atoms with E-state index in [2.05, 4.69) is 16.7 Å². The second-order valence-corrected chi connectivity index (χ2v) is 7.79. The highest BCUT2D eigenvalue weighted by Crippen LogP contribution is 2.41. The zero-order valence-electron chi connectivity index (χ0n) is 17.2. The monoisotopic (exact) mass is 455 g/mol. The van der Waals surface area contributed by atoms with Gasteiger partial charge in [0.25, 0.3) is 0 Å². The van der Waals surface area contributed by atoms with Crippen molar-refractivity contribution in [3.63, 3.8) is 0 Å². The van der Waals surface area contributed by atoms with E-state index in [9.17, 15) is 23.6 Å². The summed E-state index contributed by atoms with van der Waals surface area (Å²) in [5.41, 5.74) is 1.19. The molecule has 1 heterocycles. The molecule has 2 N–H and O–H groups in total. The Balaban J connectivity index is 1.90. The zero-order valence-corrected chi connectivity index (χ0v) is 18.1. The van der Waals surface area contributed by atoms with Crippen molar-refractivity contribution in [3.05, 3.63) is 87.6 Å². The molecule has 3 rings (SSSR count). The molecule has 0 spiro atoms. The van der Waals surface area contributed by atoms with Crippen LogP contribution in [0.25, 0.3) is 0 Å². The van der Waals surface area contributed by atoms with Crippen molar-refractivity contribution in [2.24, 2.45) is 0 Å². The minimum absolute atomic E-state index is 0.0737. The molecule has 164 valence electrons. The Bertz CT molecular complexity index is 1150. The number of nitrogens with one attached hydrogen (secondary N) is 2. The first-order valence-electron chi connectivity index (χ1n) is 9.48. The number of nitrogens with zero attached hydrogens (tertiary/aromatic N) is 1. The summed E-state index contributed by atoms with van der Waals surface area (Å²) in [4.78, 5) is 24.8. The van der Waals surface area contributed by atoms with Gasteiger partial charge in [0.05, 0.1) is 41.0 Å². The van der Waals surface area contributed by atoms with Crippen LogP contribution in [0.4, 0.5) is 14.5 Å². The standard InChI is InChI=1S/C23H19F2N3O3S/c1-13-20(23(30)31-2)21(16-5-3-4-6-18(16)25)17(11-26)22(27-13)32-12-19(29)28-15-9-7-14(24)8-10-15/h3-10,21,27H,12H2,1-2H3,(H,28,29)/t21-/m1/s1. The lowest BCUT2D eigenvalue weighted by atomic mass is 9.82. The molecule has 0 aromatic heterocycles. The van der Waals surface area contributed by atoms with E-state index in [1.54, 1.807) is 13.0 Å². The summed E-state index contributed by atoms with van der Waals surface area (Å²) in [5, 5.41) is 15.8. The first kappa shape index (κ1) is 23.0. The van der Waals surface area contributed by atoms with Crippen molar-refractivity contribution in [1.82, 2.24) is 5.32 Å². The van der Waals surface area contributed by atoms with E-state index in [4.69, 9.17) is 4.74 Å². The fourth-order valence-electron chi connectivity index (χ4n) is 3.30. The summed E-state index contributed by atoms with van der Waals surface area (Å²) < 4.78 is 32.5. The zero-order chi connectivity index (χ0) is 23.3. The Morgan fingerprint density at radius 1 is 1.19 bits per heavy atom. The van der Waals surface area contributed by atoms with Gasteiger partial charge in [-0.2, -0.15) is 5.26 Å². The number of allylic oxidation sites excluding steroid dienone is 2. The van der Waals surface area contributed by atoms with Crippen LogP contribution in [-0.2, 0) is 14.3 Å². The molecule has 1 aliphatic rings. The van der Waals surface area contributed by atoms with Crippen molar-refractivity contribution in [2.75, 3.05) is 18.2 Å². The molecule has 1 amide bonds. The average Bonchev–Trinajstić information content (AvgIpc) is 2.78. The third-order valence-electron chi connectivity index (χ3n) is 4.74. The number of hydrogen-bond acceptors (Lipinski definition) is 6. The van der Waals surface area contributed by atoms with E-state index < -0.39 is 23.5 Å². The number of carbonyl (C=O) groups is 2. The fourth-order valence-corrected chi connectivity index (χ4v) is 4.19. The number of nitriles is 1. The highest BCUT2D eigenvalue weighted by molar-refractivity contribution is 8.03. The van der Waals surface area contributed by atoms with Crippen LogP contribution in [-0.4, -0.2) is 24.7 Å². The Kier molecular flexibility index (Phi) is 7.28. The number of esters is 1. The second-order valence-electron chi connectivity index (χ2n) is 6.81. The Morgan fingerprint density at radius 3 is 2.50 bits per heavy atom. The van der Waals surface area contributed by atoms with Gasteiger partial charge in [-0.05, 0) is 37.3 Å². The van der Waals surface area contributed by atoms with Crippen LogP contribution in [0.15, 0.2) is 70.4 Å². The number of dihydropyridines is 1. The topological polar surface area (TPSA) is 91.2 Å². The van der Waals surface area contributed by atoms with Crippen molar-refractivity contribution in [2.45, 2.75) is 12.8 Å². The number of amides is 1. The van der Waals surface area contributed by atoms with E-state index in [1.807, 2.05) is 0 Å². The number of thioether (sulfide) groups is 1. The minimum atomic E-state index is -0.988. The number of ether oxygens (including phenoxy) is 1. The molecular formula is C23H19F2N3O3S. The van der Waals surface area contributed by atoms with Crippen LogP contribution >= 0.6 is 11.8 Å². The van der Waals surface area contributed by atoms with Gasteiger partial charge in [0.1, 0.15) is 11.6 Å². The summed E-state index contributed by atoms with van der Waals surface area (Å²) in [6.07, 6.45) is 0. The number of anilines is 1. The molecule has 9 heteroatoms. The highest BCUT2D eigenvalue weighted by atomic mass is 32.2. The van der Waals surface area contributed by atoms with Crippen molar-refractivity contribution >= 4 is 29.3 Å². The van der Waals surface area contributed by atoms with Crippen molar-refractivity contribution in [3.8, 4) is 6.07 Å². The smallest absolute Gasteiger partial charge is 0.336 e. The molecule has 0 fully saturated rings. The van der Waals surface area contributed by atoms with Gasteiger partial charge in [-0.15, -0.1) is 0 Å². The molecule has 2 aromatic carbocycles. The van der Waals surface area contributed by atoms with Crippen LogP contribution in [0, 0.1) is 23.0 Å². The molecule has 0 aliphatic carbocycles. The molecule has 0 unspecified atom stereocenters. The summed E-state index contributed by atoms with van der Waals surface area (Å²) in [7, 11) is 1.21. The van der Waals surface area contributed by atoms with Crippen LogP contribution < -0.4 is 10.6 Å². The maximum atomic E-state index is 14.6. The number of halogens is 2. The molecule has 0 saturated heterocycles. The summed E-state index contributed by atoms with van der Waals surface area (Å²) >= 11 is 1.04. The average molecular weight is 455 g/mol. The molecule has 0 bridgehead atoms. The van der Waals surface area contributed by atoms with Gasteiger partial charge in [-0.25, -0.2) is 13.6 Å². The van der Waals surface area contributed by atoms with Crippen molar-refractivity contribution < 1.29 is 23.1 Å². The van der Waals surface area contributed by atoms with Crippen LogP contribution in [0.3, 0.4) is 0 Å². The lowest BCUT2D eigenvalue weighted by Gasteiger charge is -2.29. The van der Waals surface area contributed by atoms with Gasteiger partial charge < -0.3 is 15.4 Å². The number of rotatable bonds is 6. The number of methoxy groups -OCH3 is 1. The molecule has 0 radical (unpaired) electrons. The predicted molar refractivity (Wildman–Crippen MR) is 117 cm³/mol. The van der Waals surface area contributed by atoms with E-state index in [1.165, 1.54) is 49.6 Å². The SMILES string of the molecule is COC(=O)C1=C(C)NC(SCC(=O)Nc2ccc(F)cc2)=C(C#N)[C@H]1c1ccccc1F. The first-order chi connectivity index (χ1) is 15.3. The Labute approximate surface area is 188 Å². The maximum absolute atomic E-state index is 14.6. The predicted octanol–water partition coefficient (Wildman–Crippen LogP) is 4.21. The number of benzene rings is 2. The largest absolute Gasteiger partial charge is 0.466 e. The molecule has 1 aliphatic heterocycles. The van der Waals surface area contributed by atoms with Gasteiger partial charge in [0, 0.05) is 16.9 Å². The van der Waals surface area contributed by atoms with Gasteiger partial charge in [-0.3, -0.25) is 4.79 Å². The molecule has 6 nitrogen and oxygen atoms in total. The molecule has 1 atom stereocenters. The second kappa shape index (κ2) is 10.1. The summed E-state index contributed by atoms with van der Waals surface area (Å²) in [6, 6.07) is 13.2. The lowest BCUT2D eigenvalue weighted by molar-refractivity contribution is -0.136. The van der Waals surface area contributed by atoms with E-state index in [0.717, 1.165) is 11.8 Å². The van der Waals surface area contributed by atoms with Crippen LogP contribution in [0.2, 0.25) is 0 Å². The Morgan fingerprint density at radius 2 is 1.88 bits per heavy atom. The van der Waals surface area contributed by atoms with Gasteiger partial charge in [0.2, 0.25) is 5.91 Å². The molecule has 32 heavy (non-hydrogen) atoms. The fraction of sp³-hybridized carbons (Fsp3) is 0.174. The highest BCUT2D eigenvalue weighted by Gasteiger charge is 2.36. The van der Waals surface area contributed by atoms with Gasteiger partial charge >= 0.3 is 5.97 Å². The van der Waals surface area contributed by atoms with Crippen molar-refractivity contribution in [1.29, 1.82) is 5.26 Å². The minimum Gasteiger partial charge on any atom is -0.466 e. The summed E-state index contributed by atoms with van der Waals surface area (Å²) in [5.74, 6) is -3.12. The normalized spacial score (nSPS) is 15.7. The number of hydrogen-bond donors (Lipinski definition) is 2. The summed E-state index contributed by atoms with van der Waals surface area (Å²) in [6.45, 7) is 1.62. The van der Waals surface area contributed by atoms with E-state index in [-0.39, 0.29) is 28.4 Å². The third kappa shape index (κ3) is 4.98. The molecule has 0 saturated carbocycles. The van der Waals surface area contributed by atoms with Crippen LogP contribution in [0.5, 0.6) is 0 Å². The van der Waals surface area contributed by atoms with Crippen LogP contribution in [0.1, 0.15) is 18.4 Å². The quantitative estimate of drug-likeness (QED) is 0.635. The number of carbonyl (C=O) groups excluding carboxylic acids is 2. The Hall–Kier alpha value is -3.64. The van der Waals surface area contributed by atoms with Gasteiger partial charge in [-0.1, -0.05) is 30.0 Å². The van der Waals surface area contributed by atoms with E-state index >= 15 is 0 Å². The first-order valence-corrected chi connectivity index (χ1v) is 10.5. The maximum Gasteiger partial charge on any atom is 0.336 e.